The van der Waals surface area contributed by atoms with Gasteiger partial charge in [0.1, 0.15) is 5.57 Å². The molecule has 1 rings (SSSR count). The molecule has 0 spiro atoms. The Morgan fingerprint density at radius 2 is 1.40 bits per heavy atom. The summed E-state index contributed by atoms with van der Waals surface area (Å²) in [6.07, 6.45) is -9.60. The molecule has 3 atom stereocenters. The van der Waals surface area contributed by atoms with Gasteiger partial charge in [-0.3, -0.25) is 0 Å². The van der Waals surface area contributed by atoms with Gasteiger partial charge in [-0.2, -0.15) is 13.2 Å². The quantitative estimate of drug-likeness (QED) is 0.355. The zero-order valence-corrected chi connectivity index (χ0v) is 14.0. The number of halogens is 6. The topological polar surface area (TPSA) is 46.1 Å². The van der Waals surface area contributed by atoms with Gasteiger partial charge in [0.05, 0.1) is 0 Å². The fourth-order valence-corrected chi connectivity index (χ4v) is 1.04. The van der Waals surface area contributed by atoms with Gasteiger partial charge in [0.15, 0.2) is 6.17 Å². The molecule has 15 heavy (non-hydrogen) atoms. The van der Waals surface area contributed by atoms with Crippen LogP contribution in [0.4, 0.5) is 26.3 Å². The van der Waals surface area contributed by atoms with E-state index in [0.717, 1.165) is 0 Å². The predicted octanol–water partition coefficient (Wildman–Crippen LogP) is -6.93. The van der Waals surface area contributed by atoms with E-state index in [9.17, 15) is 36.4 Å². The average molecular weight is 284 g/mol. The molecule has 0 bridgehead atoms. The second kappa shape index (κ2) is 5.86. The second-order valence-electron chi connectivity index (χ2n) is 2.67. The van der Waals surface area contributed by atoms with E-state index in [-0.39, 0.29) is 103 Å². The molecule has 76 valence electrons. The summed E-state index contributed by atoms with van der Waals surface area (Å²) >= 11 is 0. The summed E-state index contributed by atoms with van der Waals surface area (Å²) in [5.74, 6) is 0. The predicted molar refractivity (Wildman–Crippen MR) is 24.4 cm³/mol. The van der Waals surface area contributed by atoms with Gasteiger partial charge in [0, 0.05) is 0 Å². The van der Waals surface area contributed by atoms with Crippen molar-refractivity contribution in [3.8, 4) is 0 Å². The zero-order valence-electron chi connectivity index (χ0n) is 7.74. The third-order valence-corrected chi connectivity index (χ3v) is 1.95. The zero-order chi connectivity index (χ0) is 10.7. The number of rotatable bonds is 1. The van der Waals surface area contributed by atoms with E-state index in [4.69, 9.17) is 0 Å². The van der Waals surface area contributed by atoms with Crippen LogP contribution in [-0.2, 0) is 0 Å². The molecule has 0 aliphatic heterocycles. The molecule has 0 amide bonds. The minimum atomic E-state index is -5.88. The van der Waals surface area contributed by atoms with Crippen molar-refractivity contribution in [3.63, 3.8) is 0 Å². The van der Waals surface area contributed by atoms with Crippen LogP contribution >= 0.6 is 0 Å². The molecule has 0 heterocycles. The molecule has 0 aromatic rings. The van der Waals surface area contributed by atoms with Crippen LogP contribution in [0.5, 0.6) is 0 Å². The summed E-state index contributed by atoms with van der Waals surface area (Å²) in [5, 5.41) is 19.5. The molecule has 0 aromatic carbocycles. The summed E-state index contributed by atoms with van der Waals surface area (Å²) in [4.78, 5) is 0. The number of alkyl halides is 6. The average Bonchev–Trinajstić information content (AvgIpc) is 2.37. The van der Waals surface area contributed by atoms with Gasteiger partial charge in [-0.15, -0.1) is 0 Å². The molecule has 1 saturated carbocycles. The van der Waals surface area contributed by atoms with E-state index in [1.54, 1.807) is 0 Å². The molecule has 1 aliphatic carbocycles. The van der Waals surface area contributed by atoms with Crippen molar-refractivity contribution in [1.29, 1.82) is 0 Å². The van der Waals surface area contributed by atoms with Gasteiger partial charge in [0.25, 0.3) is 5.67 Å². The first-order chi connectivity index (χ1) is 5.60. The first-order valence-electron chi connectivity index (χ1n) is 3.00. The van der Waals surface area contributed by atoms with E-state index < -0.39 is 30.7 Å². The molecule has 1 aliphatic rings. The van der Waals surface area contributed by atoms with E-state index in [2.05, 4.69) is 0 Å². The molecule has 11 heteroatoms. The Hall–Kier alpha value is 2.84. The molecule has 0 N–H and O–H groups in total. The molecule has 0 radical (unpaired) electrons. The summed E-state index contributed by atoms with van der Waals surface area (Å²) in [5.41, 5.74) is -9.46. The normalized spacial score (nSPS) is 38.8. The summed E-state index contributed by atoms with van der Waals surface area (Å²) in [6, 6.07) is 0. The van der Waals surface area contributed by atoms with Crippen LogP contribution in [-0.4, -0.2) is 30.7 Å². The summed E-state index contributed by atoms with van der Waals surface area (Å²) in [6.45, 7) is 0. The summed E-state index contributed by atoms with van der Waals surface area (Å²) < 4.78 is 71.8. The minimum absolute atomic E-state index is 0. The van der Waals surface area contributed by atoms with E-state index >= 15 is 0 Å². The molecule has 0 aromatic heterocycles. The van der Waals surface area contributed by atoms with Gasteiger partial charge < -0.3 is 10.0 Å². The van der Waals surface area contributed by atoms with Crippen LogP contribution in [0.25, 0.3) is 0 Å². The number of hydrogen-bond acceptors (Lipinski definition) is 2. The Balaban J connectivity index is 0. The first-order valence-corrected chi connectivity index (χ1v) is 3.00. The van der Waals surface area contributed by atoms with Crippen molar-refractivity contribution in [3.05, 3.63) is 0 Å². The van der Waals surface area contributed by atoms with Crippen molar-refractivity contribution in [2.45, 2.75) is 23.6 Å². The monoisotopic (exact) mass is 284 g/mol. The van der Waals surface area contributed by atoms with Crippen LogP contribution in [0.2, 0.25) is 0 Å². The van der Waals surface area contributed by atoms with Crippen LogP contribution in [0, 0.1) is 0 Å². The standard InChI is InChI=1S/C4HBF6O2.2K/c6-1-2(7,4(9,10)11)3(1,8)5(12)13;;/h1H;;/q-2;2*+1. The Kier molecular flexibility index (Phi) is 7.88. The van der Waals surface area contributed by atoms with Crippen LogP contribution in [0.3, 0.4) is 0 Å². The third-order valence-electron chi connectivity index (χ3n) is 1.95. The van der Waals surface area contributed by atoms with Crippen molar-refractivity contribution in [1.82, 2.24) is 0 Å². The fraction of sp³-hybridized carbons (Fsp3) is 1.00. The first kappa shape index (κ1) is 20.2. The van der Waals surface area contributed by atoms with Crippen molar-refractivity contribution in [2.24, 2.45) is 0 Å². The molecule has 2 nitrogen and oxygen atoms in total. The maximum absolute atomic E-state index is 12.5. The smallest absolute Gasteiger partial charge is 0.891 e. The molecular formula is C4HBF6K2O2. The maximum Gasteiger partial charge on any atom is 1.00 e. The third kappa shape index (κ3) is 2.73. The Morgan fingerprint density at radius 3 is 1.47 bits per heavy atom. The maximum atomic E-state index is 12.5. The van der Waals surface area contributed by atoms with Gasteiger partial charge >= 0.3 is 109 Å². The Labute approximate surface area is 166 Å². The largest absolute Gasteiger partial charge is 1.00 e. The van der Waals surface area contributed by atoms with Gasteiger partial charge in [-0.1, -0.05) is 7.12 Å². The van der Waals surface area contributed by atoms with E-state index in [1.165, 1.54) is 0 Å². The SMILES string of the molecule is [K+].[K+].[O-]B([O-])C1(F)C(F)C1(F)C(F)(F)F. The second-order valence-corrected chi connectivity index (χ2v) is 2.67. The van der Waals surface area contributed by atoms with Crippen molar-refractivity contribution < 1.29 is 139 Å². The fourth-order valence-electron chi connectivity index (χ4n) is 1.04. The van der Waals surface area contributed by atoms with Crippen LogP contribution < -0.4 is 113 Å². The molecule has 1 fully saturated rings. The molecule has 0 saturated heterocycles. The van der Waals surface area contributed by atoms with Crippen molar-refractivity contribution in [2.75, 3.05) is 0 Å². The molecule has 3 unspecified atom stereocenters. The minimum Gasteiger partial charge on any atom is -0.891 e. The van der Waals surface area contributed by atoms with Crippen LogP contribution in [0.15, 0.2) is 0 Å². The Morgan fingerprint density at radius 1 is 1.07 bits per heavy atom. The van der Waals surface area contributed by atoms with Crippen molar-refractivity contribution >= 4 is 7.12 Å². The number of hydrogen-bond donors (Lipinski definition) is 0. The van der Waals surface area contributed by atoms with Gasteiger partial charge in [-0.05, 0) is 0 Å². The van der Waals surface area contributed by atoms with E-state index in [0.29, 0.717) is 0 Å². The van der Waals surface area contributed by atoms with Crippen LogP contribution in [0.1, 0.15) is 0 Å². The van der Waals surface area contributed by atoms with Gasteiger partial charge in [-0.25, -0.2) is 13.2 Å². The molecular weight excluding hydrogens is 283 g/mol. The van der Waals surface area contributed by atoms with Gasteiger partial charge in [0.2, 0.25) is 0 Å². The summed E-state index contributed by atoms with van der Waals surface area (Å²) in [7, 11) is -3.84. The van der Waals surface area contributed by atoms with E-state index in [1.807, 2.05) is 0 Å². The Bertz CT molecular complexity index is 240.